The molecule has 1 aromatic carbocycles. The van der Waals surface area contributed by atoms with E-state index in [1.54, 1.807) is 6.07 Å². The van der Waals surface area contributed by atoms with Crippen molar-refractivity contribution in [2.75, 3.05) is 11.4 Å². The van der Waals surface area contributed by atoms with Crippen molar-refractivity contribution in [3.8, 4) is 6.07 Å². The highest BCUT2D eigenvalue weighted by molar-refractivity contribution is 5.54. The van der Waals surface area contributed by atoms with Crippen LogP contribution in [-0.4, -0.2) is 12.6 Å². The maximum Gasteiger partial charge on any atom is 0.150 e. The third-order valence-electron chi connectivity index (χ3n) is 4.43. The van der Waals surface area contributed by atoms with E-state index in [4.69, 9.17) is 5.26 Å². The standard InChI is InChI=1S/C15H16F2N2/c16-12-7-10(9-18)8-13(17)15(12)19-6-2-4-11-3-1-5-14(11)19/h7-8,11,14H,1-6H2. The molecule has 3 rings (SSSR count). The molecule has 1 saturated carbocycles. The minimum absolute atomic E-state index is 0.0405. The number of piperidine rings is 1. The number of halogens is 2. The number of hydrogen-bond donors (Lipinski definition) is 0. The molecule has 2 nitrogen and oxygen atoms in total. The van der Waals surface area contributed by atoms with Crippen molar-refractivity contribution < 1.29 is 8.78 Å². The van der Waals surface area contributed by atoms with E-state index in [0.29, 0.717) is 12.5 Å². The van der Waals surface area contributed by atoms with Gasteiger partial charge in [0.05, 0.1) is 11.6 Å². The van der Waals surface area contributed by atoms with Crippen LogP contribution in [0.25, 0.3) is 0 Å². The van der Waals surface area contributed by atoms with Crippen LogP contribution in [0.3, 0.4) is 0 Å². The van der Waals surface area contributed by atoms with Gasteiger partial charge in [0.2, 0.25) is 0 Å². The summed E-state index contributed by atoms with van der Waals surface area (Å²) in [5, 5.41) is 8.74. The summed E-state index contributed by atoms with van der Waals surface area (Å²) in [7, 11) is 0. The number of hydrogen-bond acceptors (Lipinski definition) is 2. The van der Waals surface area contributed by atoms with Crippen LogP contribution in [0.4, 0.5) is 14.5 Å². The lowest BCUT2D eigenvalue weighted by atomic mass is 9.91. The van der Waals surface area contributed by atoms with Crippen molar-refractivity contribution in [1.82, 2.24) is 0 Å². The van der Waals surface area contributed by atoms with Crippen molar-refractivity contribution in [2.45, 2.75) is 38.1 Å². The van der Waals surface area contributed by atoms with Gasteiger partial charge in [-0.05, 0) is 43.7 Å². The monoisotopic (exact) mass is 262 g/mol. The molecule has 0 bridgehead atoms. The van der Waals surface area contributed by atoms with E-state index in [2.05, 4.69) is 0 Å². The highest BCUT2D eigenvalue weighted by Gasteiger charge is 2.37. The minimum atomic E-state index is -0.607. The van der Waals surface area contributed by atoms with Gasteiger partial charge in [0.15, 0.2) is 11.6 Å². The van der Waals surface area contributed by atoms with Crippen molar-refractivity contribution in [1.29, 1.82) is 5.26 Å². The van der Waals surface area contributed by atoms with Gasteiger partial charge in [-0.2, -0.15) is 5.26 Å². The van der Waals surface area contributed by atoms with Gasteiger partial charge in [-0.3, -0.25) is 0 Å². The Labute approximate surface area is 111 Å². The molecular formula is C15H16F2N2. The molecule has 0 aromatic heterocycles. The van der Waals surface area contributed by atoms with Crippen molar-refractivity contribution >= 4 is 5.69 Å². The largest absolute Gasteiger partial charge is 0.364 e. The van der Waals surface area contributed by atoms with Crippen molar-refractivity contribution in [3.63, 3.8) is 0 Å². The topological polar surface area (TPSA) is 27.0 Å². The van der Waals surface area contributed by atoms with E-state index < -0.39 is 11.6 Å². The summed E-state index contributed by atoms with van der Waals surface area (Å²) in [6, 6.07) is 4.33. The Morgan fingerprint density at radius 1 is 1.11 bits per heavy atom. The molecule has 0 radical (unpaired) electrons. The number of nitriles is 1. The lowest BCUT2D eigenvalue weighted by Gasteiger charge is -2.39. The molecule has 19 heavy (non-hydrogen) atoms. The Balaban J connectivity index is 1.99. The molecule has 0 spiro atoms. The SMILES string of the molecule is N#Cc1cc(F)c(N2CCCC3CCCC32)c(F)c1. The zero-order valence-electron chi connectivity index (χ0n) is 10.7. The molecule has 4 heteroatoms. The van der Waals surface area contributed by atoms with Gasteiger partial charge in [0, 0.05) is 12.6 Å². The fourth-order valence-electron chi connectivity index (χ4n) is 3.64. The first-order chi connectivity index (χ1) is 9.20. The number of rotatable bonds is 1. The first-order valence-corrected chi connectivity index (χ1v) is 6.86. The van der Waals surface area contributed by atoms with Gasteiger partial charge in [0.25, 0.3) is 0 Å². The highest BCUT2D eigenvalue weighted by atomic mass is 19.1. The van der Waals surface area contributed by atoms with E-state index in [-0.39, 0.29) is 17.3 Å². The quantitative estimate of drug-likeness (QED) is 0.773. The Bertz CT molecular complexity index is 512. The summed E-state index contributed by atoms with van der Waals surface area (Å²) in [6.45, 7) is 0.709. The summed E-state index contributed by atoms with van der Waals surface area (Å²) >= 11 is 0. The third-order valence-corrected chi connectivity index (χ3v) is 4.43. The molecule has 0 amide bonds. The molecule has 0 N–H and O–H groups in total. The highest BCUT2D eigenvalue weighted by Crippen LogP contribution is 2.40. The van der Waals surface area contributed by atoms with Gasteiger partial charge in [-0.1, -0.05) is 6.42 Å². The Morgan fingerprint density at radius 2 is 1.79 bits per heavy atom. The number of benzene rings is 1. The van der Waals surface area contributed by atoms with E-state index in [1.165, 1.54) is 12.8 Å². The van der Waals surface area contributed by atoms with Crippen molar-refractivity contribution in [2.24, 2.45) is 5.92 Å². The maximum absolute atomic E-state index is 14.1. The predicted octanol–water partition coefficient (Wildman–Crippen LogP) is 3.61. The first kappa shape index (κ1) is 12.4. The van der Waals surface area contributed by atoms with E-state index >= 15 is 0 Å². The van der Waals surface area contributed by atoms with Crippen LogP contribution < -0.4 is 4.90 Å². The summed E-state index contributed by atoms with van der Waals surface area (Å²) in [6.07, 6.45) is 5.48. The minimum Gasteiger partial charge on any atom is -0.364 e. The van der Waals surface area contributed by atoms with Crippen LogP contribution in [0.5, 0.6) is 0 Å². The lowest BCUT2D eigenvalue weighted by Crippen LogP contribution is -2.43. The Morgan fingerprint density at radius 3 is 2.47 bits per heavy atom. The van der Waals surface area contributed by atoms with E-state index in [0.717, 1.165) is 31.4 Å². The zero-order valence-corrected chi connectivity index (χ0v) is 10.7. The fourth-order valence-corrected chi connectivity index (χ4v) is 3.64. The lowest BCUT2D eigenvalue weighted by molar-refractivity contribution is 0.356. The fraction of sp³-hybridized carbons (Fsp3) is 0.533. The van der Waals surface area contributed by atoms with Crippen LogP contribution in [0.1, 0.15) is 37.7 Å². The number of nitrogens with zero attached hydrogens (tertiary/aromatic N) is 2. The van der Waals surface area contributed by atoms with Crippen LogP contribution >= 0.6 is 0 Å². The third kappa shape index (κ3) is 2.07. The average molecular weight is 262 g/mol. The Kier molecular flexibility index (Phi) is 3.14. The maximum atomic E-state index is 14.1. The van der Waals surface area contributed by atoms with Crippen molar-refractivity contribution in [3.05, 3.63) is 29.3 Å². The van der Waals surface area contributed by atoms with Crippen LogP contribution in [-0.2, 0) is 0 Å². The summed E-state index contributed by atoms with van der Waals surface area (Å²) in [4.78, 5) is 1.90. The molecular weight excluding hydrogens is 246 g/mol. The summed E-state index contributed by atoms with van der Waals surface area (Å²) in [5.74, 6) is -0.642. The normalized spacial score (nSPS) is 26.1. The molecule has 2 fully saturated rings. The van der Waals surface area contributed by atoms with E-state index in [1.807, 2.05) is 4.90 Å². The predicted molar refractivity (Wildman–Crippen MR) is 68.8 cm³/mol. The second-order valence-electron chi connectivity index (χ2n) is 5.49. The molecule has 1 aliphatic carbocycles. The molecule has 2 aliphatic rings. The molecule has 1 saturated heterocycles. The van der Waals surface area contributed by atoms with Gasteiger partial charge < -0.3 is 4.90 Å². The average Bonchev–Trinajstić information content (AvgIpc) is 2.86. The molecule has 1 aliphatic heterocycles. The molecule has 2 atom stereocenters. The molecule has 2 unspecified atom stereocenters. The molecule has 1 heterocycles. The summed E-state index contributed by atoms with van der Waals surface area (Å²) < 4.78 is 28.2. The molecule has 100 valence electrons. The van der Waals surface area contributed by atoms with Gasteiger partial charge in [-0.25, -0.2) is 8.78 Å². The smallest absolute Gasteiger partial charge is 0.150 e. The van der Waals surface area contributed by atoms with E-state index in [9.17, 15) is 8.78 Å². The van der Waals surface area contributed by atoms with Gasteiger partial charge >= 0.3 is 0 Å². The van der Waals surface area contributed by atoms with Crippen LogP contribution in [0.15, 0.2) is 12.1 Å². The second kappa shape index (κ2) is 4.80. The number of anilines is 1. The zero-order chi connectivity index (χ0) is 13.4. The van der Waals surface area contributed by atoms with Crippen LogP contribution in [0.2, 0.25) is 0 Å². The summed E-state index contributed by atoms with van der Waals surface area (Å²) in [5.41, 5.74) is 0.106. The molecule has 1 aromatic rings. The first-order valence-electron chi connectivity index (χ1n) is 6.86. The van der Waals surface area contributed by atoms with Gasteiger partial charge in [-0.15, -0.1) is 0 Å². The Hall–Kier alpha value is -1.63. The van der Waals surface area contributed by atoms with Crippen LogP contribution in [0, 0.1) is 28.9 Å². The van der Waals surface area contributed by atoms with Gasteiger partial charge in [0.1, 0.15) is 5.69 Å². The second-order valence-corrected chi connectivity index (χ2v) is 5.49. The number of fused-ring (bicyclic) bond motifs is 1.